The van der Waals surface area contributed by atoms with Crippen molar-refractivity contribution >= 4 is 23.4 Å². The topological polar surface area (TPSA) is 60.2 Å². The first-order chi connectivity index (χ1) is 6.59. The van der Waals surface area contributed by atoms with Gasteiger partial charge in [0.2, 0.25) is 0 Å². The van der Waals surface area contributed by atoms with Crippen LogP contribution in [0.5, 0.6) is 0 Å². The van der Waals surface area contributed by atoms with E-state index in [0.29, 0.717) is 12.8 Å². The van der Waals surface area contributed by atoms with Gasteiger partial charge in [-0.3, -0.25) is 14.9 Å². The Kier molecular flexibility index (Phi) is 3.64. The minimum Gasteiger partial charge on any atom is -0.287 e. The number of nitro groups is 1. The van der Waals surface area contributed by atoms with Crippen LogP contribution in [0.15, 0.2) is 24.3 Å². The van der Waals surface area contributed by atoms with Crippen LogP contribution in [0.4, 0.5) is 5.69 Å². The van der Waals surface area contributed by atoms with E-state index < -0.39 is 4.92 Å². The van der Waals surface area contributed by atoms with Crippen LogP contribution in [-0.4, -0.2) is 10.0 Å². The summed E-state index contributed by atoms with van der Waals surface area (Å²) in [5.74, 6) is 0. The summed E-state index contributed by atoms with van der Waals surface area (Å²) in [4.78, 5) is 20.4. The number of carbonyl (C=O) groups excluding carboxylic acids is 1. The highest BCUT2D eigenvalue weighted by Crippen LogP contribution is 2.13. The molecule has 1 aromatic rings. The van der Waals surface area contributed by atoms with Gasteiger partial charge in [-0.15, -0.1) is 12.6 Å². The first-order valence-corrected chi connectivity index (χ1v) is 4.49. The summed E-state index contributed by atoms with van der Waals surface area (Å²) in [7, 11) is 0. The highest BCUT2D eigenvalue weighted by molar-refractivity contribution is 7.96. The van der Waals surface area contributed by atoms with Crippen LogP contribution < -0.4 is 0 Å². The van der Waals surface area contributed by atoms with E-state index in [-0.39, 0.29) is 10.8 Å². The Morgan fingerprint density at radius 2 is 1.93 bits per heavy atom. The SMILES string of the molecule is O=C(S)CCc1ccc([N+](=O)[O-])cc1. The molecule has 0 radical (unpaired) electrons. The van der Waals surface area contributed by atoms with E-state index >= 15 is 0 Å². The van der Waals surface area contributed by atoms with Gasteiger partial charge in [0.15, 0.2) is 5.12 Å². The van der Waals surface area contributed by atoms with Crippen LogP contribution >= 0.6 is 12.6 Å². The van der Waals surface area contributed by atoms with Crippen molar-refractivity contribution < 1.29 is 9.72 Å². The lowest BCUT2D eigenvalue weighted by atomic mass is 10.1. The molecule has 0 saturated carbocycles. The molecular formula is C9H9NO3S. The van der Waals surface area contributed by atoms with Gasteiger partial charge in [-0.1, -0.05) is 12.1 Å². The van der Waals surface area contributed by atoms with Crippen molar-refractivity contribution in [1.82, 2.24) is 0 Å². The first kappa shape index (κ1) is 10.7. The number of carbonyl (C=O) groups is 1. The Bertz CT molecular complexity index is 348. The zero-order valence-electron chi connectivity index (χ0n) is 7.34. The Labute approximate surface area is 86.5 Å². The molecule has 4 nitrogen and oxygen atoms in total. The number of hydrogen-bond donors (Lipinski definition) is 1. The normalized spacial score (nSPS) is 9.79. The number of thiol groups is 1. The lowest BCUT2D eigenvalue weighted by Crippen LogP contribution is -1.92. The molecule has 0 bridgehead atoms. The molecule has 0 atom stereocenters. The summed E-state index contributed by atoms with van der Waals surface area (Å²) in [5.41, 5.74) is 0.962. The van der Waals surface area contributed by atoms with E-state index in [4.69, 9.17) is 0 Å². The zero-order valence-corrected chi connectivity index (χ0v) is 8.24. The maximum absolute atomic E-state index is 10.5. The van der Waals surface area contributed by atoms with Crippen LogP contribution in [0.2, 0.25) is 0 Å². The van der Waals surface area contributed by atoms with Crippen LogP contribution in [0.25, 0.3) is 0 Å². The maximum atomic E-state index is 10.5. The number of nitro benzene ring substituents is 1. The third-order valence-corrected chi connectivity index (χ3v) is 2.00. The van der Waals surface area contributed by atoms with Gasteiger partial charge in [0.25, 0.3) is 5.69 Å². The fraction of sp³-hybridized carbons (Fsp3) is 0.222. The Balaban J connectivity index is 2.64. The molecular weight excluding hydrogens is 202 g/mol. The summed E-state index contributed by atoms with van der Waals surface area (Å²) in [5, 5.41) is 10.1. The maximum Gasteiger partial charge on any atom is 0.269 e. The van der Waals surface area contributed by atoms with Crippen molar-refractivity contribution in [2.75, 3.05) is 0 Å². The molecule has 0 amide bonds. The van der Waals surface area contributed by atoms with Gasteiger partial charge < -0.3 is 0 Å². The molecule has 1 aromatic carbocycles. The third kappa shape index (κ3) is 3.18. The van der Waals surface area contributed by atoms with Crippen LogP contribution in [0, 0.1) is 10.1 Å². The molecule has 14 heavy (non-hydrogen) atoms. The molecule has 0 unspecified atom stereocenters. The van der Waals surface area contributed by atoms with Crippen molar-refractivity contribution in [2.45, 2.75) is 12.8 Å². The molecule has 0 aliphatic heterocycles. The predicted octanol–water partition coefficient (Wildman–Crippen LogP) is 1.98. The molecule has 1 rings (SSSR count). The van der Waals surface area contributed by atoms with E-state index in [1.807, 2.05) is 0 Å². The summed E-state index contributed by atoms with van der Waals surface area (Å²) in [6, 6.07) is 6.15. The minimum atomic E-state index is -0.451. The summed E-state index contributed by atoms with van der Waals surface area (Å²) in [6.45, 7) is 0. The van der Waals surface area contributed by atoms with Gasteiger partial charge in [0.05, 0.1) is 4.92 Å². The Morgan fingerprint density at radius 3 is 2.36 bits per heavy atom. The molecule has 0 spiro atoms. The lowest BCUT2D eigenvalue weighted by molar-refractivity contribution is -0.384. The second kappa shape index (κ2) is 4.76. The molecule has 0 heterocycles. The highest BCUT2D eigenvalue weighted by Gasteiger charge is 2.04. The van der Waals surface area contributed by atoms with Gasteiger partial charge in [0.1, 0.15) is 0 Å². The number of rotatable bonds is 4. The van der Waals surface area contributed by atoms with Crippen molar-refractivity contribution in [2.24, 2.45) is 0 Å². The van der Waals surface area contributed by atoms with Gasteiger partial charge >= 0.3 is 0 Å². The minimum absolute atomic E-state index is 0.0611. The quantitative estimate of drug-likeness (QED) is 0.470. The van der Waals surface area contributed by atoms with Crippen molar-refractivity contribution in [1.29, 1.82) is 0 Å². The molecule has 0 aliphatic carbocycles. The van der Waals surface area contributed by atoms with E-state index in [0.717, 1.165) is 5.56 Å². The predicted molar refractivity (Wildman–Crippen MR) is 55.4 cm³/mol. The molecule has 0 fully saturated rings. The first-order valence-electron chi connectivity index (χ1n) is 4.04. The number of non-ortho nitro benzene ring substituents is 1. The number of aryl methyl sites for hydroxylation is 1. The van der Waals surface area contributed by atoms with E-state index in [1.165, 1.54) is 12.1 Å². The molecule has 74 valence electrons. The van der Waals surface area contributed by atoms with Crippen LogP contribution in [-0.2, 0) is 11.2 Å². The smallest absolute Gasteiger partial charge is 0.269 e. The average molecular weight is 211 g/mol. The molecule has 0 aromatic heterocycles. The highest BCUT2D eigenvalue weighted by atomic mass is 32.1. The van der Waals surface area contributed by atoms with Gasteiger partial charge in [-0.25, -0.2) is 0 Å². The Hall–Kier alpha value is -1.36. The largest absolute Gasteiger partial charge is 0.287 e. The van der Waals surface area contributed by atoms with Crippen molar-refractivity contribution in [3.05, 3.63) is 39.9 Å². The van der Waals surface area contributed by atoms with E-state index in [2.05, 4.69) is 12.6 Å². The van der Waals surface area contributed by atoms with Crippen molar-refractivity contribution in [3.8, 4) is 0 Å². The fourth-order valence-electron chi connectivity index (χ4n) is 1.04. The van der Waals surface area contributed by atoms with Gasteiger partial charge in [-0.05, 0) is 12.0 Å². The van der Waals surface area contributed by atoms with Crippen LogP contribution in [0.1, 0.15) is 12.0 Å². The van der Waals surface area contributed by atoms with E-state index in [9.17, 15) is 14.9 Å². The van der Waals surface area contributed by atoms with Crippen LogP contribution in [0.3, 0.4) is 0 Å². The lowest BCUT2D eigenvalue weighted by Gasteiger charge is -1.97. The summed E-state index contributed by atoms with van der Waals surface area (Å²) < 4.78 is 0. The number of benzene rings is 1. The Morgan fingerprint density at radius 1 is 1.36 bits per heavy atom. The second-order valence-corrected chi connectivity index (χ2v) is 3.32. The molecule has 0 N–H and O–H groups in total. The zero-order chi connectivity index (χ0) is 10.6. The summed E-state index contributed by atoms with van der Waals surface area (Å²) in [6.07, 6.45) is 0.918. The molecule has 5 heteroatoms. The van der Waals surface area contributed by atoms with Crippen molar-refractivity contribution in [3.63, 3.8) is 0 Å². The fourth-order valence-corrected chi connectivity index (χ4v) is 1.15. The average Bonchev–Trinajstić information content (AvgIpc) is 2.15. The standard InChI is InChI=1S/C9H9NO3S/c11-9(14)6-3-7-1-4-8(5-2-7)10(12)13/h1-2,4-5H,3,6H2,(H,11,14). The van der Waals surface area contributed by atoms with Gasteiger partial charge in [-0.2, -0.15) is 0 Å². The van der Waals surface area contributed by atoms with Gasteiger partial charge in [0, 0.05) is 18.6 Å². The second-order valence-electron chi connectivity index (χ2n) is 2.82. The molecule has 0 saturated heterocycles. The summed E-state index contributed by atoms with van der Waals surface area (Å²) >= 11 is 3.63. The number of hydrogen-bond acceptors (Lipinski definition) is 3. The number of nitrogens with zero attached hydrogens (tertiary/aromatic N) is 1. The monoisotopic (exact) mass is 211 g/mol. The van der Waals surface area contributed by atoms with E-state index in [1.54, 1.807) is 12.1 Å². The third-order valence-electron chi connectivity index (χ3n) is 1.77. The molecule has 0 aliphatic rings.